The topological polar surface area (TPSA) is 41.6 Å². The summed E-state index contributed by atoms with van der Waals surface area (Å²) in [5.74, 6) is 1.59. The fourth-order valence-electron chi connectivity index (χ4n) is 5.03. The van der Waals surface area contributed by atoms with Crippen LogP contribution in [0, 0.1) is 0 Å². The molecular formula is C35H52N2O2S. The van der Waals surface area contributed by atoms with Gasteiger partial charge in [0.05, 0.1) is 18.2 Å². The molecule has 0 radical (unpaired) electrons. The SMILES string of the molecule is CCCCCCCCCCCCCCOc1cc(C(C)(C)C)ccc1NC(=O)c1ccccc1CN1C=CSC1. The molecule has 4 nitrogen and oxygen atoms in total. The Bertz CT molecular complexity index is 1060. The molecule has 0 aliphatic carbocycles. The van der Waals surface area contributed by atoms with E-state index in [0.29, 0.717) is 12.2 Å². The molecule has 40 heavy (non-hydrogen) atoms. The minimum Gasteiger partial charge on any atom is -0.491 e. The molecule has 3 rings (SSSR count). The van der Waals surface area contributed by atoms with E-state index >= 15 is 0 Å². The van der Waals surface area contributed by atoms with Crippen molar-refractivity contribution in [3.63, 3.8) is 0 Å². The Balaban J connectivity index is 1.50. The summed E-state index contributed by atoms with van der Waals surface area (Å²) in [6.07, 6.45) is 18.0. The lowest BCUT2D eigenvalue weighted by Gasteiger charge is -2.22. The van der Waals surface area contributed by atoms with Crippen molar-refractivity contribution in [1.82, 2.24) is 4.90 Å². The highest BCUT2D eigenvalue weighted by molar-refractivity contribution is 8.02. The van der Waals surface area contributed by atoms with Crippen LogP contribution in [-0.4, -0.2) is 23.3 Å². The smallest absolute Gasteiger partial charge is 0.256 e. The van der Waals surface area contributed by atoms with E-state index in [9.17, 15) is 4.79 Å². The van der Waals surface area contributed by atoms with E-state index < -0.39 is 0 Å². The molecular weight excluding hydrogens is 512 g/mol. The van der Waals surface area contributed by atoms with Gasteiger partial charge in [-0.25, -0.2) is 0 Å². The molecule has 0 atom stereocenters. The van der Waals surface area contributed by atoms with Crippen LogP contribution in [0.15, 0.2) is 54.1 Å². The number of thioether (sulfide) groups is 1. The van der Waals surface area contributed by atoms with Gasteiger partial charge < -0.3 is 15.0 Å². The molecule has 220 valence electrons. The van der Waals surface area contributed by atoms with Crippen molar-refractivity contribution in [2.24, 2.45) is 0 Å². The Morgan fingerprint density at radius 2 is 1.55 bits per heavy atom. The van der Waals surface area contributed by atoms with Gasteiger partial charge in [0.2, 0.25) is 0 Å². The van der Waals surface area contributed by atoms with Gasteiger partial charge in [0.1, 0.15) is 5.75 Å². The predicted molar refractivity (Wildman–Crippen MR) is 173 cm³/mol. The number of hydrogen-bond acceptors (Lipinski definition) is 4. The number of carbonyl (C=O) groups excluding carboxylic acids is 1. The molecule has 0 aromatic heterocycles. The molecule has 1 N–H and O–H groups in total. The van der Waals surface area contributed by atoms with Gasteiger partial charge in [0.15, 0.2) is 0 Å². The van der Waals surface area contributed by atoms with E-state index in [1.165, 1.54) is 76.2 Å². The van der Waals surface area contributed by atoms with Crippen LogP contribution < -0.4 is 10.1 Å². The van der Waals surface area contributed by atoms with E-state index in [1.807, 2.05) is 30.3 Å². The minimum atomic E-state index is -0.0925. The second kappa shape index (κ2) is 17.4. The molecule has 2 aromatic rings. The zero-order chi connectivity index (χ0) is 28.6. The summed E-state index contributed by atoms with van der Waals surface area (Å²) < 4.78 is 6.30. The number of anilines is 1. The fraction of sp³-hybridized carbons (Fsp3) is 0.571. The van der Waals surface area contributed by atoms with Crippen LogP contribution in [0.3, 0.4) is 0 Å². The molecule has 1 amide bonds. The third-order valence-corrected chi connectivity index (χ3v) is 8.39. The highest BCUT2D eigenvalue weighted by Gasteiger charge is 2.19. The van der Waals surface area contributed by atoms with Crippen molar-refractivity contribution in [2.75, 3.05) is 17.8 Å². The number of ether oxygens (including phenoxy) is 1. The van der Waals surface area contributed by atoms with E-state index in [-0.39, 0.29) is 11.3 Å². The number of benzene rings is 2. The lowest BCUT2D eigenvalue weighted by atomic mass is 9.87. The largest absolute Gasteiger partial charge is 0.491 e. The van der Waals surface area contributed by atoms with Crippen LogP contribution in [0.25, 0.3) is 0 Å². The van der Waals surface area contributed by atoms with Crippen LogP contribution in [0.1, 0.15) is 126 Å². The van der Waals surface area contributed by atoms with Crippen molar-refractivity contribution in [2.45, 2.75) is 117 Å². The van der Waals surface area contributed by atoms with Crippen LogP contribution in [0.5, 0.6) is 5.75 Å². The van der Waals surface area contributed by atoms with Gasteiger partial charge in [-0.05, 0) is 46.6 Å². The first-order valence-corrected chi connectivity index (χ1v) is 16.6. The zero-order valence-electron chi connectivity index (χ0n) is 25.5. The molecule has 0 fully saturated rings. The highest BCUT2D eigenvalue weighted by atomic mass is 32.2. The summed E-state index contributed by atoms with van der Waals surface area (Å²) in [6.45, 7) is 10.3. The van der Waals surface area contributed by atoms with Gasteiger partial charge >= 0.3 is 0 Å². The normalized spacial score (nSPS) is 13.2. The maximum absolute atomic E-state index is 13.4. The number of amides is 1. The van der Waals surface area contributed by atoms with Crippen LogP contribution in [-0.2, 0) is 12.0 Å². The lowest BCUT2D eigenvalue weighted by molar-refractivity contribution is 0.102. The third kappa shape index (κ3) is 11.2. The number of carbonyl (C=O) groups is 1. The highest BCUT2D eigenvalue weighted by Crippen LogP contribution is 2.33. The maximum Gasteiger partial charge on any atom is 0.256 e. The zero-order valence-corrected chi connectivity index (χ0v) is 26.3. The average Bonchev–Trinajstić information content (AvgIpc) is 3.45. The third-order valence-electron chi connectivity index (χ3n) is 7.59. The summed E-state index contributed by atoms with van der Waals surface area (Å²) in [5, 5.41) is 5.26. The summed E-state index contributed by atoms with van der Waals surface area (Å²) in [4.78, 5) is 15.6. The second-order valence-electron chi connectivity index (χ2n) is 12.1. The Hall–Kier alpha value is -2.40. The Morgan fingerprint density at radius 1 is 0.900 bits per heavy atom. The van der Waals surface area contributed by atoms with Crippen molar-refractivity contribution in [3.8, 4) is 5.75 Å². The van der Waals surface area contributed by atoms with E-state index in [2.05, 4.69) is 61.7 Å². The first kappa shape index (κ1) is 32.1. The van der Waals surface area contributed by atoms with E-state index in [0.717, 1.165) is 35.8 Å². The molecule has 0 saturated heterocycles. The molecule has 0 spiro atoms. The van der Waals surface area contributed by atoms with Gasteiger partial charge in [-0.1, -0.05) is 123 Å². The first-order chi connectivity index (χ1) is 19.4. The van der Waals surface area contributed by atoms with Gasteiger partial charge in [-0.3, -0.25) is 4.79 Å². The predicted octanol–water partition coefficient (Wildman–Crippen LogP) is 10.3. The molecule has 2 aromatic carbocycles. The van der Waals surface area contributed by atoms with Crippen molar-refractivity contribution in [3.05, 3.63) is 70.8 Å². The van der Waals surface area contributed by atoms with Gasteiger partial charge in [-0.2, -0.15) is 0 Å². The van der Waals surface area contributed by atoms with Gasteiger partial charge in [0.25, 0.3) is 5.91 Å². The molecule has 1 aliphatic heterocycles. The van der Waals surface area contributed by atoms with Crippen LogP contribution >= 0.6 is 11.8 Å². The minimum absolute atomic E-state index is 0.00447. The standard InChI is InChI=1S/C35H52N2O2S/c1-5-6-7-8-9-10-11-12-13-14-15-18-24-39-33-26-30(35(2,3)4)21-22-32(33)36-34(38)31-20-17-16-19-29(31)27-37-23-25-40-28-37/h16-17,19-23,25-26H,5-15,18,24,27-28H2,1-4H3,(H,36,38). The van der Waals surface area contributed by atoms with Gasteiger partial charge in [-0.15, -0.1) is 11.8 Å². The lowest BCUT2D eigenvalue weighted by Crippen LogP contribution is -2.19. The summed E-state index contributed by atoms with van der Waals surface area (Å²) >= 11 is 1.77. The summed E-state index contributed by atoms with van der Waals surface area (Å²) in [7, 11) is 0. The molecule has 0 saturated carbocycles. The number of hydrogen-bond donors (Lipinski definition) is 1. The molecule has 0 unspecified atom stereocenters. The molecule has 1 heterocycles. The Kier molecular flexibility index (Phi) is 14.0. The summed E-state index contributed by atoms with van der Waals surface area (Å²) in [6, 6.07) is 14.1. The second-order valence-corrected chi connectivity index (χ2v) is 13.0. The monoisotopic (exact) mass is 564 g/mol. The molecule has 1 aliphatic rings. The average molecular weight is 565 g/mol. The Morgan fingerprint density at radius 3 is 2.17 bits per heavy atom. The molecule has 0 bridgehead atoms. The number of unbranched alkanes of at least 4 members (excludes halogenated alkanes) is 11. The van der Waals surface area contributed by atoms with Crippen LogP contribution in [0.2, 0.25) is 0 Å². The quantitative estimate of drug-likeness (QED) is 0.183. The number of rotatable bonds is 18. The molecule has 5 heteroatoms. The maximum atomic E-state index is 13.4. The number of nitrogens with zero attached hydrogens (tertiary/aromatic N) is 1. The van der Waals surface area contributed by atoms with E-state index in [1.54, 1.807) is 11.8 Å². The number of nitrogens with one attached hydrogen (secondary N) is 1. The van der Waals surface area contributed by atoms with Gasteiger partial charge in [0, 0.05) is 18.3 Å². The van der Waals surface area contributed by atoms with Crippen molar-refractivity contribution >= 4 is 23.4 Å². The van der Waals surface area contributed by atoms with Crippen LogP contribution in [0.4, 0.5) is 5.69 Å². The first-order valence-electron chi connectivity index (χ1n) is 15.6. The van der Waals surface area contributed by atoms with E-state index in [4.69, 9.17) is 4.74 Å². The van der Waals surface area contributed by atoms with Crippen molar-refractivity contribution < 1.29 is 9.53 Å². The van der Waals surface area contributed by atoms with Crippen molar-refractivity contribution in [1.29, 1.82) is 0 Å². The Labute approximate surface area is 248 Å². The summed E-state index contributed by atoms with van der Waals surface area (Å²) in [5.41, 5.74) is 3.68. The fourth-order valence-corrected chi connectivity index (χ4v) is 5.75.